The van der Waals surface area contributed by atoms with Crippen LogP contribution in [0.3, 0.4) is 0 Å². The smallest absolute Gasteiger partial charge is 0.404 e. The number of alkyl halides is 3. The van der Waals surface area contributed by atoms with E-state index in [-0.39, 0.29) is 17.5 Å². The fourth-order valence-electron chi connectivity index (χ4n) is 1.95. The molecular weight excluding hydrogens is 233 g/mol. The minimum absolute atomic E-state index is 0.0101. The molecule has 0 unspecified atom stereocenters. The van der Waals surface area contributed by atoms with Crippen LogP contribution in [0, 0.1) is 0 Å². The van der Waals surface area contributed by atoms with E-state index in [0.717, 1.165) is 24.9 Å². The summed E-state index contributed by atoms with van der Waals surface area (Å²) in [4.78, 5) is 0. The molecule has 0 amide bonds. The highest BCUT2D eigenvalue weighted by Gasteiger charge is 2.32. The summed E-state index contributed by atoms with van der Waals surface area (Å²) in [5.74, 6) is -0.330. The highest BCUT2D eigenvalue weighted by Crippen LogP contribution is 2.32. The first-order valence-electron chi connectivity index (χ1n) is 5.34. The van der Waals surface area contributed by atoms with Crippen LogP contribution in [0.5, 0.6) is 5.75 Å². The number of nitrogen functional groups attached to an aromatic ring is 1. The van der Waals surface area contributed by atoms with Gasteiger partial charge in [0.05, 0.1) is 5.69 Å². The Morgan fingerprint density at radius 1 is 1.35 bits per heavy atom. The summed E-state index contributed by atoms with van der Waals surface area (Å²) >= 11 is 0. The van der Waals surface area contributed by atoms with Crippen LogP contribution >= 0.6 is 0 Å². The molecule has 2 rings (SSSR count). The maximum atomic E-state index is 12.1. The summed E-state index contributed by atoms with van der Waals surface area (Å²) in [6.45, 7) is 0.879. The largest absolute Gasteiger partial charge is 0.573 e. The van der Waals surface area contributed by atoms with Crippen molar-refractivity contribution >= 4 is 5.69 Å². The van der Waals surface area contributed by atoms with Gasteiger partial charge in [-0.3, -0.25) is 0 Å². The van der Waals surface area contributed by atoms with Gasteiger partial charge in [0.15, 0.2) is 5.75 Å². The van der Waals surface area contributed by atoms with Crippen molar-refractivity contribution in [1.29, 1.82) is 0 Å². The number of anilines is 1. The molecule has 0 saturated carbocycles. The number of nitrogens with two attached hydrogens (primary N) is 1. The number of hydrogen-bond donors (Lipinski definition) is 2. The fourth-order valence-corrected chi connectivity index (χ4v) is 1.95. The van der Waals surface area contributed by atoms with Crippen LogP contribution in [0.25, 0.3) is 0 Å². The molecule has 1 fully saturated rings. The van der Waals surface area contributed by atoms with E-state index in [1.807, 2.05) is 0 Å². The Hall–Kier alpha value is -1.43. The quantitative estimate of drug-likeness (QED) is 0.788. The van der Waals surface area contributed by atoms with E-state index in [1.165, 1.54) is 12.1 Å². The molecule has 1 heterocycles. The van der Waals surface area contributed by atoms with Crippen molar-refractivity contribution in [3.05, 3.63) is 23.8 Å². The van der Waals surface area contributed by atoms with Crippen molar-refractivity contribution in [2.75, 3.05) is 12.3 Å². The maximum absolute atomic E-state index is 12.1. The molecule has 1 aliphatic heterocycles. The van der Waals surface area contributed by atoms with Crippen molar-refractivity contribution in [2.45, 2.75) is 25.2 Å². The third-order valence-corrected chi connectivity index (χ3v) is 2.73. The van der Waals surface area contributed by atoms with Crippen molar-refractivity contribution < 1.29 is 17.9 Å². The summed E-state index contributed by atoms with van der Waals surface area (Å²) in [7, 11) is 0. The van der Waals surface area contributed by atoms with Crippen LogP contribution in [0.1, 0.15) is 24.4 Å². The third kappa shape index (κ3) is 3.03. The first-order valence-corrected chi connectivity index (χ1v) is 5.34. The van der Waals surface area contributed by atoms with Crippen LogP contribution in [-0.4, -0.2) is 12.9 Å². The van der Waals surface area contributed by atoms with E-state index in [9.17, 15) is 13.2 Å². The average molecular weight is 246 g/mol. The Balaban J connectivity index is 2.22. The number of rotatable bonds is 2. The molecule has 3 N–H and O–H groups in total. The van der Waals surface area contributed by atoms with Crippen LogP contribution in [0.15, 0.2) is 18.2 Å². The fraction of sp³-hybridized carbons (Fsp3) is 0.455. The molecular formula is C11H13F3N2O. The zero-order valence-corrected chi connectivity index (χ0v) is 9.05. The van der Waals surface area contributed by atoms with Gasteiger partial charge >= 0.3 is 6.36 Å². The number of benzene rings is 1. The topological polar surface area (TPSA) is 47.3 Å². The molecule has 0 aliphatic carbocycles. The zero-order chi connectivity index (χ0) is 12.5. The van der Waals surface area contributed by atoms with Gasteiger partial charge in [0.1, 0.15) is 0 Å². The summed E-state index contributed by atoms with van der Waals surface area (Å²) in [6, 6.07) is 4.61. The summed E-state index contributed by atoms with van der Waals surface area (Å²) in [5.41, 5.74) is 6.21. The predicted octanol–water partition coefficient (Wildman–Crippen LogP) is 2.59. The van der Waals surface area contributed by atoms with Crippen molar-refractivity contribution in [3.8, 4) is 5.75 Å². The lowest BCUT2D eigenvalue weighted by Gasteiger charge is -2.15. The molecule has 0 aromatic heterocycles. The van der Waals surface area contributed by atoms with Gasteiger partial charge in [0.25, 0.3) is 0 Å². The van der Waals surface area contributed by atoms with Crippen LogP contribution in [0.2, 0.25) is 0 Å². The van der Waals surface area contributed by atoms with E-state index < -0.39 is 6.36 Å². The minimum atomic E-state index is -4.71. The summed E-state index contributed by atoms with van der Waals surface area (Å²) in [5, 5.41) is 3.20. The lowest BCUT2D eigenvalue weighted by molar-refractivity contribution is -0.274. The van der Waals surface area contributed by atoms with Gasteiger partial charge in [-0.2, -0.15) is 0 Å². The van der Waals surface area contributed by atoms with E-state index >= 15 is 0 Å². The zero-order valence-electron chi connectivity index (χ0n) is 9.05. The second-order valence-corrected chi connectivity index (χ2v) is 3.99. The Kier molecular flexibility index (Phi) is 3.15. The minimum Gasteiger partial charge on any atom is -0.404 e. The van der Waals surface area contributed by atoms with Crippen LogP contribution in [-0.2, 0) is 0 Å². The standard InChI is InChI=1S/C11H13F3N2O/c12-11(13,14)17-10-6-7(3-4-8(10)15)9-2-1-5-16-9/h3-4,6,9,16H,1-2,5,15H2/t9-/m1/s1. The lowest BCUT2D eigenvalue weighted by Crippen LogP contribution is -2.19. The number of ether oxygens (including phenoxy) is 1. The Labute approximate surface area is 96.8 Å². The normalized spacial score (nSPS) is 20.5. The molecule has 1 aromatic carbocycles. The average Bonchev–Trinajstić information content (AvgIpc) is 2.72. The van der Waals surface area contributed by atoms with Crippen molar-refractivity contribution in [2.24, 2.45) is 0 Å². The molecule has 3 nitrogen and oxygen atoms in total. The lowest BCUT2D eigenvalue weighted by atomic mass is 10.0. The van der Waals surface area contributed by atoms with Gasteiger partial charge in [0.2, 0.25) is 0 Å². The molecule has 0 radical (unpaired) electrons. The highest BCUT2D eigenvalue weighted by atomic mass is 19.4. The molecule has 17 heavy (non-hydrogen) atoms. The van der Waals surface area contributed by atoms with Gasteiger partial charge in [-0.1, -0.05) is 6.07 Å². The molecule has 0 bridgehead atoms. The maximum Gasteiger partial charge on any atom is 0.573 e. The molecule has 1 aliphatic rings. The third-order valence-electron chi connectivity index (χ3n) is 2.73. The molecule has 1 aromatic rings. The number of halogens is 3. The molecule has 1 atom stereocenters. The Morgan fingerprint density at radius 3 is 2.71 bits per heavy atom. The van der Waals surface area contributed by atoms with Gasteiger partial charge in [-0.25, -0.2) is 0 Å². The predicted molar refractivity (Wildman–Crippen MR) is 57.5 cm³/mol. The van der Waals surface area contributed by atoms with E-state index in [1.54, 1.807) is 6.07 Å². The molecule has 0 spiro atoms. The van der Waals surface area contributed by atoms with E-state index in [2.05, 4.69) is 10.1 Å². The van der Waals surface area contributed by atoms with Gasteiger partial charge in [-0.15, -0.1) is 13.2 Å². The van der Waals surface area contributed by atoms with Crippen molar-refractivity contribution in [1.82, 2.24) is 5.32 Å². The Bertz CT molecular complexity index is 400. The van der Waals surface area contributed by atoms with E-state index in [0.29, 0.717) is 0 Å². The molecule has 6 heteroatoms. The second-order valence-electron chi connectivity index (χ2n) is 3.99. The van der Waals surface area contributed by atoms with Crippen LogP contribution in [0.4, 0.5) is 18.9 Å². The highest BCUT2D eigenvalue weighted by molar-refractivity contribution is 5.54. The summed E-state index contributed by atoms with van der Waals surface area (Å²) < 4.78 is 40.3. The Morgan fingerprint density at radius 2 is 2.12 bits per heavy atom. The summed E-state index contributed by atoms with van der Waals surface area (Å²) in [6.07, 6.45) is -2.78. The first kappa shape index (κ1) is 12.0. The van der Waals surface area contributed by atoms with Crippen LogP contribution < -0.4 is 15.8 Å². The number of hydrogen-bond acceptors (Lipinski definition) is 3. The molecule has 1 saturated heterocycles. The van der Waals surface area contributed by atoms with Gasteiger partial charge in [-0.05, 0) is 37.1 Å². The van der Waals surface area contributed by atoms with Gasteiger partial charge < -0.3 is 15.8 Å². The van der Waals surface area contributed by atoms with E-state index in [4.69, 9.17) is 5.73 Å². The molecule has 94 valence electrons. The SMILES string of the molecule is Nc1ccc([C@H]2CCCN2)cc1OC(F)(F)F. The van der Waals surface area contributed by atoms with Crippen molar-refractivity contribution in [3.63, 3.8) is 0 Å². The first-order chi connectivity index (χ1) is 7.96. The monoisotopic (exact) mass is 246 g/mol. The number of nitrogens with one attached hydrogen (secondary N) is 1. The second kappa shape index (κ2) is 4.44. The van der Waals surface area contributed by atoms with Gasteiger partial charge in [0, 0.05) is 6.04 Å².